The summed E-state index contributed by atoms with van der Waals surface area (Å²) in [6.45, 7) is 5.46. The van der Waals surface area contributed by atoms with Gasteiger partial charge in [0.1, 0.15) is 9.88 Å². The highest BCUT2D eigenvalue weighted by molar-refractivity contribution is 7.13. The van der Waals surface area contributed by atoms with Gasteiger partial charge in [-0.15, -0.1) is 11.3 Å². The van der Waals surface area contributed by atoms with Crippen LogP contribution in [0.15, 0.2) is 6.20 Å². The van der Waals surface area contributed by atoms with E-state index in [9.17, 15) is 4.79 Å². The van der Waals surface area contributed by atoms with Gasteiger partial charge in [0.2, 0.25) is 0 Å². The van der Waals surface area contributed by atoms with Crippen molar-refractivity contribution in [2.75, 3.05) is 6.54 Å². The second-order valence-corrected chi connectivity index (χ2v) is 5.77. The minimum Gasteiger partial charge on any atom is -0.477 e. The molecule has 0 bridgehead atoms. The van der Waals surface area contributed by atoms with Crippen molar-refractivity contribution in [2.24, 2.45) is 0 Å². The van der Waals surface area contributed by atoms with E-state index in [0.29, 0.717) is 17.0 Å². The topological polar surface area (TPSA) is 53.4 Å². The Hall–Kier alpha value is -0.940. The number of carboxylic acids is 1. The first kappa shape index (κ1) is 12.5. The Bertz CT molecular complexity index is 403. The zero-order valence-electron chi connectivity index (χ0n) is 10.2. The lowest BCUT2D eigenvalue weighted by Gasteiger charge is -2.37. The summed E-state index contributed by atoms with van der Waals surface area (Å²) in [7, 11) is 0. The first-order chi connectivity index (χ1) is 8.09. The van der Waals surface area contributed by atoms with Crippen molar-refractivity contribution in [3.63, 3.8) is 0 Å². The van der Waals surface area contributed by atoms with E-state index in [1.165, 1.54) is 30.4 Å². The molecule has 2 heterocycles. The minimum absolute atomic E-state index is 0.307. The van der Waals surface area contributed by atoms with Gasteiger partial charge >= 0.3 is 5.97 Å². The van der Waals surface area contributed by atoms with E-state index in [2.05, 4.69) is 23.7 Å². The highest BCUT2D eigenvalue weighted by Crippen LogP contribution is 2.34. The molecule has 0 radical (unpaired) electrons. The SMILES string of the molecule is CC(C)N1CCCCC1c1ncc(C(=O)O)s1. The predicted molar refractivity (Wildman–Crippen MR) is 67.5 cm³/mol. The summed E-state index contributed by atoms with van der Waals surface area (Å²) in [5.41, 5.74) is 0. The Labute approximate surface area is 105 Å². The van der Waals surface area contributed by atoms with Crippen molar-refractivity contribution in [2.45, 2.75) is 45.2 Å². The fraction of sp³-hybridized carbons (Fsp3) is 0.667. The van der Waals surface area contributed by atoms with Gasteiger partial charge in [0.25, 0.3) is 0 Å². The molecular formula is C12H18N2O2S. The number of carbonyl (C=O) groups is 1. The van der Waals surface area contributed by atoms with Crippen molar-refractivity contribution in [3.05, 3.63) is 16.1 Å². The molecular weight excluding hydrogens is 236 g/mol. The van der Waals surface area contributed by atoms with Gasteiger partial charge in [-0.25, -0.2) is 9.78 Å². The minimum atomic E-state index is -0.874. The van der Waals surface area contributed by atoms with Crippen LogP contribution in [0.1, 0.15) is 53.8 Å². The summed E-state index contributed by atoms with van der Waals surface area (Å²) in [5, 5.41) is 9.88. The summed E-state index contributed by atoms with van der Waals surface area (Å²) in [4.78, 5) is 17.9. The summed E-state index contributed by atoms with van der Waals surface area (Å²) in [5.74, 6) is -0.874. The van der Waals surface area contributed by atoms with Gasteiger partial charge in [-0.1, -0.05) is 6.42 Å². The molecule has 1 saturated heterocycles. The van der Waals surface area contributed by atoms with E-state index in [4.69, 9.17) is 5.11 Å². The molecule has 1 unspecified atom stereocenters. The van der Waals surface area contributed by atoms with Gasteiger partial charge in [0, 0.05) is 6.04 Å². The van der Waals surface area contributed by atoms with Crippen LogP contribution < -0.4 is 0 Å². The third-order valence-corrected chi connectivity index (χ3v) is 4.31. The zero-order valence-corrected chi connectivity index (χ0v) is 11.0. The number of carboxylic acid groups (broad SMARTS) is 1. The van der Waals surface area contributed by atoms with Gasteiger partial charge in [-0.3, -0.25) is 4.90 Å². The number of nitrogens with zero attached hydrogens (tertiary/aromatic N) is 2. The van der Waals surface area contributed by atoms with E-state index >= 15 is 0 Å². The van der Waals surface area contributed by atoms with Crippen LogP contribution in [0.5, 0.6) is 0 Å². The molecule has 1 aliphatic rings. The number of aromatic carboxylic acids is 1. The molecule has 1 fully saturated rings. The zero-order chi connectivity index (χ0) is 12.4. The average molecular weight is 254 g/mol. The van der Waals surface area contributed by atoms with Crippen molar-refractivity contribution < 1.29 is 9.90 Å². The second kappa shape index (κ2) is 5.14. The summed E-state index contributed by atoms with van der Waals surface area (Å²) in [6.07, 6.45) is 5.00. The molecule has 1 atom stereocenters. The second-order valence-electron chi connectivity index (χ2n) is 4.71. The number of aromatic nitrogens is 1. The highest BCUT2D eigenvalue weighted by atomic mass is 32.1. The predicted octanol–water partition coefficient (Wildman–Crippen LogP) is 2.78. The van der Waals surface area contributed by atoms with E-state index in [0.717, 1.165) is 18.0 Å². The van der Waals surface area contributed by atoms with Crippen LogP contribution in [0, 0.1) is 0 Å². The Morgan fingerprint density at radius 1 is 1.59 bits per heavy atom. The van der Waals surface area contributed by atoms with Crippen LogP contribution in [-0.2, 0) is 0 Å². The smallest absolute Gasteiger partial charge is 0.347 e. The molecule has 94 valence electrons. The van der Waals surface area contributed by atoms with Crippen LogP contribution in [-0.4, -0.2) is 33.5 Å². The summed E-state index contributed by atoms with van der Waals surface area (Å²) < 4.78 is 0. The van der Waals surface area contributed by atoms with Crippen LogP contribution in [0.25, 0.3) is 0 Å². The molecule has 2 rings (SSSR count). The number of likely N-dealkylation sites (tertiary alicyclic amines) is 1. The number of thiazole rings is 1. The Morgan fingerprint density at radius 3 is 2.94 bits per heavy atom. The quantitative estimate of drug-likeness (QED) is 0.901. The monoisotopic (exact) mass is 254 g/mol. The Balaban J connectivity index is 2.20. The molecule has 0 saturated carbocycles. The largest absolute Gasteiger partial charge is 0.477 e. The first-order valence-corrected chi connectivity index (χ1v) is 6.86. The Kier molecular flexibility index (Phi) is 3.79. The van der Waals surface area contributed by atoms with Crippen LogP contribution in [0.3, 0.4) is 0 Å². The fourth-order valence-corrected chi connectivity index (χ4v) is 3.29. The standard InChI is InChI=1S/C12H18N2O2S/c1-8(2)14-6-4-3-5-9(14)11-13-7-10(17-11)12(15)16/h7-9H,3-6H2,1-2H3,(H,15,16). The van der Waals surface area contributed by atoms with Crippen LogP contribution in [0.4, 0.5) is 0 Å². The van der Waals surface area contributed by atoms with Gasteiger partial charge in [-0.2, -0.15) is 0 Å². The molecule has 0 amide bonds. The first-order valence-electron chi connectivity index (χ1n) is 6.04. The highest BCUT2D eigenvalue weighted by Gasteiger charge is 2.28. The molecule has 1 aromatic rings. The maximum absolute atomic E-state index is 10.9. The maximum atomic E-state index is 10.9. The molecule has 5 heteroatoms. The van der Waals surface area contributed by atoms with Crippen molar-refractivity contribution in [3.8, 4) is 0 Å². The lowest BCUT2D eigenvalue weighted by molar-refractivity contribution is 0.0702. The number of piperidine rings is 1. The van der Waals surface area contributed by atoms with Crippen LogP contribution in [0.2, 0.25) is 0 Å². The lowest BCUT2D eigenvalue weighted by Crippen LogP contribution is -2.38. The molecule has 1 aliphatic heterocycles. The maximum Gasteiger partial charge on any atom is 0.347 e. The normalized spacial score (nSPS) is 21.9. The average Bonchev–Trinajstić information content (AvgIpc) is 2.78. The van der Waals surface area contributed by atoms with Crippen molar-refractivity contribution in [1.82, 2.24) is 9.88 Å². The fourth-order valence-electron chi connectivity index (χ4n) is 2.38. The third kappa shape index (κ3) is 2.66. The van der Waals surface area contributed by atoms with Gasteiger partial charge in [-0.05, 0) is 33.2 Å². The van der Waals surface area contributed by atoms with Gasteiger partial charge in [0.05, 0.1) is 12.2 Å². The van der Waals surface area contributed by atoms with Gasteiger partial charge < -0.3 is 5.11 Å². The van der Waals surface area contributed by atoms with Crippen LogP contribution >= 0.6 is 11.3 Å². The lowest BCUT2D eigenvalue weighted by atomic mass is 10.0. The van der Waals surface area contributed by atoms with E-state index in [1.54, 1.807) is 0 Å². The molecule has 17 heavy (non-hydrogen) atoms. The molecule has 0 spiro atoms. The summed E-state index contributed by atoms with van der Waals surface area (Å²) >= 11 is 1.32. The van der Waals surface area contributed by atoms with Crippen molar-refractivity contribution >= 4 is 17.3 Å². The van der Waals surface area contributed by atoms with Gasteiger partial charge in [0.15, 0.2) is 0 Å². The Morgan fingerprint density at radius 2 is 2.35 bits per heavy atom. The number of rotatable bonds is 3. The number of hydrogen-bond acceptors (Lipinski definition) is 4. The summed E-state index contributed by atoms with van der Waals surface area (Å²) in [6, 6.07) is 0.791. The number of hydrogen-bond donors (Lipinski definition) is 1. The third-order valence-electron chi connectivity index (χ3n) is 3.23. The van der Waals surface area contributed by atoms with Crippen molar-refractivity contribution in [1.29, 1.82) is 0 Å². The molecule has 0 aromatic carbocycles. The molecule has 0 aliphatic carbocycles. The van der Waals surface area contributed by atoms with E-state index in [-0.39, 0.29) is 0 Å². The molecule has 1 N–H and O–H groups in total. The van der Waals surface area contributed by atoms with E-state index in [1.807, 2.05) is 0 Å². The van der Waals surface area contributed by atoms with E-state index < -0.39 is 5.97 Å². The molecule has 1 aromatic heterocycles. The molecule has 4 nitrogen and oxygen atoms in total.